The Kier molecular flexibility index (Phi) is 10.5. The zero-order valence-electron chi connectivity index (χ0n) is 25.4. The van der Waals surface area contributed by atoms with E-state index < -0.39 is 6.04 Å². The van der Waals surface area contributed by atoms with Crippen LogP contribution in [0.5, 0.6) is 5.75 Å². The first-order valence-corrected chi connectivity index (χ1v) is 15.8. The van der Waals surface area contributed by atoms with Crippen molar-refractivity contribution in [2.24, 2.45) is 17.1 Å². The first kappa shape index (κ1) is 30.7. The molecule has 0 unspecified atom stereocenters. The van der Waals surface area contributed by atoms with Crippen molar-refractivity contribution in [2.75, 3.05) is 20.2 Å². The minimum atomic E-state index is -0.636. The molecule has 1 aliphatic heterocycles. The normalized spacial score (nSPS) is 17.8. The Morgan fingerprint density at radius 2 is 1.77 bits per heavy atom. The fourth-order valence-corrected chi connectivity index (χ4v) is 7.15. The van der Waals surface area contributed by atoms with Gasteiger partial charge in [-0.2, -0.15) is 5.10 Å². The van der Waals surface area contributed by atoms with Gasteiger partial charge < -0.3 is 20.7 Å². The monoisotopic (exact) mass is 586 g/mol. The predicted molar refractivity (Wildman–Crippen MR) is 166 cm³/mol. The van der Waals surface area contributed by atoms with Crippen molar-refractivity contribution in [3.8, 4) is 5.75 Å². The average molecular weight is 587 g/mol. The topological polar surface area (TPSA) is 115 Å². The van der Waals surface area contributed by atoms with Gasteiger partial charge in [0, 0.05) is 39.0 Å². The number of aromatic nitrogens is 3. The lowest BCUT2D eigenvalue weighted by Crippen LogP contribution is -2.54. The number of methoxy groups -OCH3 is 1. The number of piperidine rings is 1. The Bertz CT molecular complexity index is 1310. The summed E-state index contributed by atoms with van der Waals surface area (Å²) in [4.78, 5) is 33.5. The molecule has 1 saturated carbocycles. The quantitative estimate of drug-likeness (QED) is 0.327. The highest BCUT2D eigenvalue weighted by molar-refractivity contribution is 5.88. The molecule has 2 heterocycles. The van der Waals surface area contributed by atoms with Crippen molar-refractivity contribution in [1.29, 1.82) is 0 Å². The van der Waals surface area contributed by atoms with E-state index in [2.05, 4.69) is 15.4 Å². The Balaban J connectivity index is 1.28. The van der Waals surface area contributed by atoms with Crippen LogP contribution in [0.1, 0.15) is 68.1 Å². The minimum absolute atomic E-state index is 0.00970. The average Bonchev–Trinajstić information content (AvgIpc) is 3.57. The number of nitrogens with one attached hydrogen (secondary N) is 1. The van der Waals surface area contributed by atoms with Gasteiger partial charge in [0.05, 0.1) is 7.11 Å². The van der Waals surface area contributed by atoms with Gasteiger partial charge in [0.2, 0.25) is 11.8 Å². The van der Waals surface area contributed by atoms with E-state index in [0.717, 1.165) is 41.8 Å². The van der Waals surface area contributed by atoms with Crippen LogP contribution in [0.15, 0.2) is 61.2 Å². The summed E-state index contributed by atoms with van der Waals surface area (Å²) in [5, 5.41) is 7.54. The molecule has 1 saturated heterocycles. The van der Waals surface area contributed by atoms with Gasteiger partial charge in [-0.05, 0) is 72.3 Å². The van der Waals surface area contributed by atoms with E-state index in [1.807, 2.05) is 64.4 Å². The number of carbonyl (C=O) groups is 2. The second kappa shape index (κ2) is 14.6. The number of rotatable bonds is 12. The van der Waals surface area contributed by atoms with E-state index in [4.69, 9.17) is 10.5 Å². The third kappa shape index (κ3) is 7.82. The van der Waals surface area contributed by atoms with Crippen molar-refractivity contribution >= 4 is 11.8 Å². The summed E-state index contributed by atoms with van der Waals surface area (Å²) in [6.45, 7) is 2.65. The molecule has 1 aliphatic carbocycles. The van der Waals surface area contributed by atoms with Crippen LogP contribution in [0, 0.1) is 11.3 Å². The van der Waals surface area contributed by atoms with E-state index in [9.17, 15) is 9.59 Å². The number of benzene rings is 2. The van der Waals surface area contributed by atoms with Crippen molar-refractivity contribution < 1.29 is 14.3 Å². The number of carbonyl (C=O) groups excluding carboxylic acids is 2. The maximum absolute atomic E-state index is 14.1. The van der Waals surface area contributed by atoms with E-state index >= 15 is 0 Å². The van der Waals surface area contributed by atoms with Crippen molar-refractivity contribution in [2.45, 2.75) is 83.3 Å². The van der Waals surface area contributed by atoms with Crippen LogP contribution in [0.2, 0.25) is 0 Å². The van der Waals surface area contributed by atoms with E-state index in [1.165, 1.54) is 32.1 Å². The SMILES string of the molecule is COc1ccc(C[C@@H](NC(=O)CCc2ccccc2CN)C(=O)N2CCC(Cn3cncn3)(C3CCCCC3)CC2)cc1. The first-order chi connectivity index (χ1) is 21.0. The lowest BCUT2D eigenvalue weighted by atomic mass is 9.63. The van der Waals surface area contributed by atoms with E-state index in [0.29, 0.717) is 44.8 Å². The number of ether oxygens (including phenoxy) is 1. The van der Waals surface area contributed by atoms with E-state index in [-0.39, 0.29) is 17.2 Å². The highest BCUT2D eigenvalue weighted by Gasteiger charge is 2.43. The molecule has 3 aromatic rings. The van der Waals surface area contributed by atoms with Crippen LogP contribution in [-0.2, 0) is 35.5 Å². The zero-order chi connectivity index (χ0) is 30.1. The minimum Gasteiger partial charge on any atom is -0.497 e. The van der Waals surface area contributed by atoms with Crippen LogP contribution < -0.4 is 15.8 Å². The summed E-state index contributed by atoms with van der Waals surface area (Å²) in [6.07, 6.45) is 12.9. The van der Waals surface area contributed by atoms with Crippen LogP contribution in [0.25, 0.3) is 0 Å². The summed E-state index contributed by atoms with van der Waals surface area (Å²) in [6, 6.07) is 15.0. The van der Waals surface area contributed by atoms with Gasteiger partial charge in [0.25, 0.3) is 0 Å². The third-order valence-electron chi connectivity index (χ3n) is 9.68. The molecule has 0 bridgehead atoms. The van der Waals surface area contributed by atoms with Crippen molar-refractivity contribution in [3.05, 3.63) is 77.9 Å². The van der Waals surface area contributed by atoms with Gasteiger partial charge in [0.1, 0.15) is 24.4 Å². The molecule has 0 radical (unpaired) electrons. The Morgan fingerprint density at radius 3 is 2.42 bits per heavy atom. The Hall–Kier alpha value is -3.72. The number of hydrogen-bond donors (Lipinski definition) is 2. The molecule has 9 heteroatoms. The van der Waals surface area contributed by atoms with Crippen molar-refractivity contribution in [3.63, 3.8) is 0 Å². The highest BCUT2D eigenvalue weighted by Crippen LogP contribution is 2.47. The van der Waals surface area contributed by atoms with E-state index in [1.54, 1.807) is 13.4 Å². The highest BCUT2D eigenvalue weighted by atomic mass is 16.5. The second-order valence-corrected chi connectivity index (χ2v) is 12.3. The molecule has 2 aliphatic rings. The summed E-state index contributed by atoms with van der Waals surface area (Å²) >= 11 is 0. The molecule has 3 N–H and O–H groups in total. The smallest absolute Gasteiger partial charge is 0.245 e. The second-order valence-electron chi connectivity index (χ2n) is 12.3. The van der Waals surface area contributed by atoms with Gasteiger partial charge in [-0.3, -0.25) is 14.3 Å². The molecule has 230 valence electrons. The first-order valence-electron chi connectivity index (χ1n) is 15.8. The molecule has 5 rings (SSSR count). The zero-order valence-corrected chi connectivity index (χ0v) is 25.4. The molecule has 43 heavy (non-hydrogen) atoms. The molecule has 2 fully saturated rings. The maximum atomic E-state index is 14.1. The summed E-state index contributed by atoms with van der Waals surface area (Å²) in [7, 11) is 1.64. The molecular weight excluding hydrogens is 540 g/mol. The van der Waals surface area contributed by atoms with Gasteiger partial charge in [-0.1, -0.05) is 55.7 Å². The number of nitrogens with zero attached hydrogens (tertiary/aromatic N) is 4. The lowest BCUT2D eigenvalue weighted by Gasteiger charge is -2.48. The van der Waals surface area contributed by atoms with Gasteiger partial charge in [0.15, 0.2) is 0 Å². The Labute approximate surface area is 255 Å². The molecule has 9 nitrogen and oxygen atoms in total. The fourth-order valence-electron chi connectivity index (χ4n) is 7.15. The number of aryl methyl sites for hydroxylation is 1. The van der Waals surface area contributed by atoms with Gasteiger partial charge in [-0.15, -0.1) is 0 Å². The molecule has 2 amide bonds. The molecule has 2 aromatic carbocycles. The van der Waals surface area contributed by atoms with Crippen molar-refractivity contribution in [1.82, 2.24) is 25.0 Å². The van der Waals surface area contributed by atoms with Gasteiger partial charge in [-0.25, -0.2) is 4.98 Å². The standard InChI is InChI=1S/C34H46N6O3/c1-43-30-14-11-26(12-15-30)21-31(38-32(41)16-13-27-7-5-6-8-28(27)22-35)33(42)39-19-17-34(18-20-39,23-40-25-36-24-37-40)29-9-3-2-4-10-29/h5-8,11-12,14-15,24-25,29,31H,2-4,9-10,13,16-23,35H2,1H3,(H,38,41)/t31-/m1/s1. The number of likely N-dealkylation sites (tertiary alicyclic amines) is 1. The summed E-state index contributed by atoms with van der Waals surface area (Å²) in [5.41, 5.74) is 9.10. The number of hydrogen-bond acceptors (Lipinski definition) is 6. The van der Waals surface area contributed by atoms with Crippen LogP contribution in [0.3, 0.4) is 0 Å². The lowest BCUT2D eigenvalue weighted by molar-refractivity contribution is -0.139. The van der Waals surface area contributed by atoms with Gasteiger partial charge >= 0.3 is 0 Å². The summed E-state index contributed by atoms with van der Waals surface area (Å²) in [5.74, 6) is 1.26. The van der Waals surface area contributed by atoms with Crippen LogP contribution in [0.4, 0.5) is 0 Å². The fraction of sp³-hybridized carbons (Fsp3) is 0.529. The molecule has 0 spiro atoms. The predicted octanol–water partition coefficient (Wildman–Crippen LogP) is 4.29. The molecule has 1 atom stereocenters. The molecule has 1 aromatic heterocycles. The number of amides is 2. The Morgan fingerprint density at radius 1 is 1.05 bits per heavy atom. The third-order valence-corrected chi connectivity index (χ3v) is 9.68. The number of nitrogens with two attached hydrogens (primary N) is 1. The largest absolute Gasteiger partial charge is 0.497 e. The maximum Gasteiger partial charge on any atom is 0.245 e. The van der Waals surface area contributed by atoms with Crippen LogP contribution >= 0.6 is 0 Å². The van der Waals surface area contributed by atoms with Crippen LogP contribution in [-0.4, -0.2) is 57.7 Å². The molecular formula is C34H46N6O3. The summed E-state index contributed by atoms with van der Waals surface area (Å²) < 4.78 is 7.29.